The van der Waals surface area contributed by atoms with Crippen molar-refractivity contribution in [3.63, 3.8) is 0 Å². The second kappa shape index (κ2) is 25.9. The molecule has 9 aromatic rings. The molecule has 2 heterocycles. The van der Waals surface area contributed by atoms with Crippen LogP contribution in [0.4, 0.5) is 45.5 Å². The van der Waals surface area contributed by atoms with Gasteiger partial charge in [0.2, 0.25) is 0 Å². The zero-order valence-corrected chi connectivity index (χ0v) is 43.4. The third-order valence-electron chi connectivity index (χ3n) is 12.8. The Labute approximate surface area is 435 Å². The average Bonchev–Trinajstić information content (AvgIpc) is 4.07. The Morgan fingerprint density at radius 1 is 0.375 bits per heavy atom. The molecule has 7 aromatic carbocycles. The standard InChI is InChI=1S/C64H66N4O2S2/c1-3-5-7-9-11-25-43-69-61-59-45-57(47-65-49-35-39-55(40-36-49)67(51-27-17-13-18-28-51)52-29-19-14-20-30-52)72-64(59)62(70-44-26-12-10-8-6-4-2)60-46-58(71-63(60)61)48-66-50-37-41-56(42-38-50)68(53-31-21-15-22-32-53)54-33-23-16-24-34-54/h13-24,27-42,45-48H,3-12,25-26,43-44H2,1-2H3. The molecule has 0 aliphatic rings. The Morgan fingerprint density at radius 2 is 0.681 bits per heavy atom. The average molecular weight is 987 g/mol. The van der Waals surface area contributed by atoms with Crippen molar-refractivity contribution in [3.05, 3.63) is 192 Å². The summed E-state index contributed by atoms with van der Waals surface area (Å²) in [6.45, 7) is 5.87. The summed E-state index contributed by atoms with van der Waals surface area (Å²) in [5.74, 6) is 1.86. The molecule has 0 amide bonds. The third kappa shape index (κ3) is 12.9. The molecule has 0 fully saturated rings. The maximum Gasteiger partial charge on any atom is 0.146 e. The number of aliphatic imine (C=N–C) groups is 2. The van der Waals surface area contributed by atoms with Crippen LogP contribution in [0.2, 0.25) is 0 Å². The van der Waals surface area contributed by atoms with Crippen molar-refractivity contribution in [2.75, 3.05) is 23.0 Å². The predicted molar refractivity (Wildman–Crippen MR) is 312 cm³/mol. The fraction of sp³-hybridized carbons (Fsp3) is 0.250. The predicted octanol–water partition coefficient (Wildman–Crippen LogP) is 20.0. The van der Waals surface area contributed by atoms with Crippen molar-refractivity contribution < 1.29 is 9.47 Å². The van der Waals surface area contributed by atoms with Gasteiger partial charge in [0.05, 0.1) is 34.0 Å². The summed E-state index contributed by atoms with van der Waals surface area (Å²) in [6.07, 6.45) is 18.4. The van der Waals surface area contributed by atoms with Gasteiger partial charge < -0.3 is 19.3 Å². The van der Waals surface area contributed by atoms with E-state index in [4.69, 9.17) is 19.5 Å². The summed E-state index contributed by atoms with van der Waals surface area (Å²) in [7, 11) is 0. The van der Waals surface area contributed by atoms with Crippen molar-refractivity contribution in [1.29, 1.82) is 0 Å². The Bertz CT molecular complexity index is 2750. The van der Waals surface area contributed by atoms with Gasteiger partial charge in [-0.05, 0) is 122 Å². The molecule has 0 N–H and O–H groups in total. The number of hydrogen-bond donors (Lipinski definition) is 0. The van der Waals surface area contributed by atoms with E-state index in [2.05, 4.69) is 206 Å². The van der Waals surface area contributed by atoms with Crippen LogP contribution >= 0.6 is 22.7 Å². The molecule has 0 radical (unpaired) electrons. The summed E-state index contributed by atoms with van der Waals surface area (Å²) in [6, 6.07) is 63.5. The van der Waals surface area contributed by atoms with Crippen LogP contribution in [0.5, 0.6) is 11.5 Å². The zero-order valence-electron chi connectivity index (χ0n) is 41.8. The fourth-order valence-corrected chi connectivity index (χ4v) is 11.2. The van der Waals surface area contributed by atoms with Gasteiger partial charge >= 0.3 is 0 Å². The largest absolute Gasteiger partial charge is 0.491 e. The molecule has 0 atom stereocenters. The van der Waals surface area contributed by atoms with Gasteiger partial charge in [0, 0.05) is 67.1 Å². The number of nitrogens with zero attached hydrogens (tertiary/aromatic N) is 4. The third-order valence-corrected chi connectivity index (χ3v) is 15.0. The molecule has 366 valence electrons. The normalized spacial score (nSPS) is 11.6. The number of thiophene rings is 2. The zero-order chi connectivity index (χ0) is 49.2. The summed E-state index contributed by atoms with van der Waals surface area (Å²) < 4.78 is 16.0. The molecule has 0 spiro atoms. The number of ether oxygens (including phenoxy) is 2. The summed E-state index contributed by atoms with van der Waals surface area (Å²) in [5, 5.41) is 2.16. The van der Waals surface area contributed by atoms with Gasteiger partial charge in [-0.25, -0.2) is 0 Å². The summed E-state index contributed by atoms with van der Waals surface area (Å²) >= 11 is 3.45. The smallest absolute Gasteiger partial charge is 0.146 e. The van der Waals surface area contributed by atoms with E-state index < -0.39 is 0 Å². The molecule has 0 aliphatic carbocycles. The van der Waals surface area contributed by atoms with Crippen molar-refractivity contribution in [2.24, 2.45) is 9.98 Å². The van der Waals surface area contributed by atoms with E-state index in [1.807, 2.05) is 12.4 Å². The van der Waals surface area contributed by atoms with Gasteiger partial charge in [-0.2, -0.15) is 0 Å². The van der Waals surface area contributed by atoms with Crippen molar-refractivity contribution in [2.45, 2.75) is 90.9 Å². The van der Waals surface area contributed by atoms with Gasteiger partial charge in [0.25, 0.3) is 0 Å². The minimum absolute atomic E-state index is 0.666. The number of hydrogen-bond acceptors (Lipinski definition) is 8. The van der Waals surface area contributed by atoms with E-state index >= 15 is 0 Å². The first-order valence-corrected chi connectivity index (χ1v) is 27.7. The number of anilines is 6. The van der Waals surface area contributed by atoms with E-state index in [-0.39, 0.29) is 0 Å². The van der Waals surface area contributed by atoms with Crippen LogP contribution < -0.4 is 19.3 Å². The van der Waals surface area contributed by atoms with E-state index in [1.165, 1.54) is 51.4 Å². The highest BCUT2D eigenvalue weighted by molar-refractivity contribution is 7.23. The number of benzene rings is 7. The Balaban J connectivity index is 1.03. The van der Waals surface area contributed by atoms with Crippen LogP contribution in [0.1, 0.15) is 101 Å². The summed E-state index contributed by atoms with van der Waals surface area (Å²) in [5.41, 5.74) is 8.35. The maximum absolute atomic E-state index is 6.91. The van der Waals surface area contributed by atoms with Crippen LogP contribution in [-0.4, -0.2) is 25.6 Å². The lowest BCUT2D eigenvalue weighted by Crippen LogP contribution is -2.09. The van der Waals surface area contributed by atoms with Crippen molar-refractivity contribution in [1.82, 2.24) is 0 Å². The number of rotatable bonds is 26. The molecule has 0 aliphatic heterocycles. The number of fused-ring (bicyclic) bond motifs is 2. The Kier molecular flexibility index (Phi) is 18.0. The van der Waals surface area contributed by atoms with E-state index in [1.54, 1.807) is 22.7 Å². The van der Waals surface area contributed by atoms with E-state index in [0.717, 1.165) is 113 Å². The minimum Gasteiger partial charge on any atom is -0.491 e. The quantitative estimate of drug-likeness (QED) is 0.0401. The first-order valence-electron chi connectivity index (χ1n) is 26.0. The molecule has 9 rings (SSSR count). The maximum atomic E-state index is 6.91. The van der Waals surface area contributed by atoms with Gasteiger partial charge in [-0.1, -0.05) is 151 Å². The first kappa shape index (κ1) is 50.0. The van der Waals surface area contributed by atoms with Gasteiger partial charge in [0.1, 0.15) is 11.5 Å². The van der Waals surface area contributed by atoms with Crippen LogP contribution in [-0.2, 0) is 0 Å². The van der Waals surface area contributed by atoms with Crippen LogP contribution in [0, 0.1) is 0 Å². The Hall–Kier alpha value is -7.00. The molecule has 0 saturated carbocycles. The lowest BCUT2D eigenvalue weighted by atomic mass is 10.1. The topological polar surface area (TPSA) is 49.7 Å². The monoisotopic (exact) mass is 986 g/mol. The second-order valence-electron chi connectivity index (χ2n) is 18.2. The van der Waals surface area contributed by atoms with Gasteiger partial charge in [-0.3, -0.25) is 9.98 Å². The van der Waals surface area contributed by atoms with Gasteiger partial charge in [0.15, 0.2) is 0 Å². The lowest BCUT2D eigenvalue weighted by Gasteiger charge is -2.25. The van der Waals surface area contributed by atoms with Crippen LogP contribution in [0.15, 0.2) is 192 Å². The van der Waals surface area contributed by atoms with E-state index in [9.17, 15) is 0 Å². The highest BCUT2D eigenvalue weighted by atomic mass is 32.1. The minimum atomic E-state index is 0.666. The fourth-order valence-electron chi connectivity index (χ4n) is 9.12. The second-order valence-corrected chi connectivity index (χ2v) is 20.4. The molecule has 8 heteroatoms. The van der Waals surface area contributed by atoms with E-state index in [0.29, 0.717) is 13.2 Å². The number of para-hydroxylation sites is 4. The van der Waals surface area contributed by atoms with Crippen molar-refractivity contribution >= 4 is 101 Å². The highest BCUT2D eigenvalue weighted by Gasteiger charge is 2.22. The lowest BCUT2D eigenvalue weighted by molar-refractivity contribution is 0.307. The molecule has 6 nitrogen and oxygen atoms in total. The molecule has 2 aromatic heterocycles. The van der Waals surface area contributed by atoms with Gasteiger partial charge in [-0.15, -0.1) is 22.7 Å². The SMILES string of the molecule is CCCCCCCCOc1c2cc(C=Nc3ccc(N(c4ccccc4)c4ccccc4)cc3)sc2c(OCCCCCCCC)c2cc(C=Nc3ccc(N(c4ccccc4)c4ccccc4)cc3)sc12. The molecule has 72 heavy (non-hydrogen) atoms. The van der Waals surface area contributed by atoms with Crippen LogP contribution in [0.3, 0.4) is 0 Å². The summed E-state index contributed by atoms with van der Waals surface area (Å²) in [4.78, 5) is 16.7. The number of unbranched alkanes of at least 4 members (excludes halogenated alkanes) is 10. The Morgan fingerprint density at radius 3 is 1.01 bits per heavy atom. The molecule has 0 saturated heterocycles. The molecule has 0 unspecified atom stereocenters. The highest BCUT2D eigenvalue weighted by Crippen LogP contribution is 2.50. The first-order chi connectivity index (χ1) is 35.7. The molecular weight excluding hydrogens is 921 g/mol. The molecule has 0 bridgehead atoms. The van der Waals surface area contributed by atoms with Crippen LogP contribution in [0.25, 0.3) is 20.2 Å². The molecular formula is C64H66N4O2S2. The van der Waals surface area contributed by atoms with Crippen molar-refractivity contribution in [3.8, 4) is 11.5 Å².